The molecule has 0 aromatic heterocycles. The molecule has 1 aromatic carbocycles. The summed E-state index contributed by atoms with van der Waals surface area (Å²) in [6.45, 7) is 6.56. The Bertz CT molecular complexity index is 590. The van der Waals surface area contributed by atoms with Crippen LogP contribution in [0.1, 0.15) is 26.3 Å². The minimum absolute atomic E-state index is 0.214. The fraction of sp³-hybridized carbons (Fsp3) is 0.455. The van der Waals surface area contributed by atoms with Gasteiger partial charge in [-0.25, -0.2) is 8.42 Å². The van der Waals surface area contributed by atoms with Crippen molar-refractivity contribution in [1.29, 1.82) is 0 Å². The number of nitro benzene ring substituents is 1. The second kappa shape index (κ2) is 5.24. The van der Waals surface area contributed by atoms with E-state index in [1.54, 1.807) is 20.8 Å². The third kappa shape index (κ3) is 4.27. The van der Waals surface area contributed by atoms with Crippen molar-refractivity contribution in [1.82, 2.24) is 4.89 Å². The predicted octanol–water partition coefficient (Wildman–Crippen LogP) is 1.91. The highest BCUT2D eigenvalue weighted by atomic mass is 32.2. The summed E-state index contributed by atoms with van der Waals surface area (Å²) >= 11 is 0. The standard InChI is InChI=1S/C11H16N2O5S/c1-8-5-6-9(7-10(8)13(14)15)19(16,17)12-18-11(2,3)4/h5-7,12H,1-4H3. The normalized spacial score (nSPS) is 12.4. The van der Waals surface area contributed by atoms with Crippen molar-refractivity contribution in [2.45, 2.75) is 38.2 Å². The average molecular weight is 288 g/mol. The molecular weight excluding hydrogens is 272 g/mol. The summed E-state index contributed by atoms with van der Waals surface area (Å²) in [7, 11) is -3.94. The first-order chi connectivity index (χ1) is 8.53. The van der Waals surface area contributed by atoms with Crippen LogP contribution in [0.15, 0.2) is 23.1 Å². The summed E-state index contributed by atoms with van der Waals surface area (Å²) in [4.78, 5) is 16.9. The highest BCUT2D eigenvalue weighted by Crippen LogP contribution is 2.22. The molecule has 0 fully saturated rings. The van der Waals surface area contributed by atoms with Crippen LogP contribution in [0, 0.1) is 17.0 Å². The van der Waals surface area contributed by atoms with Crippen LogP contribution in [0.4, 0.5) is 5.69 Å². The Hall–Kier alpha value is -1.51. The first kappa shape index (κ1) is 15.5. The van der Waals surface area contributed by atoms with Gasteiger partial charge in [0.1, 0.15) is 0 Å². The van der Waals surface area contributed by atoms with Crippen LogP contribution in [0.5, 0.6) is 0 Å². The number of rotatable bonds is 4. The molecule has 19 heavy (non-hydrogen) atoms. The molecule has 1 N–H and O–H groups in total. The van der Waals surface area contributed by atoms with Crippen LogP contribution in [-0.4, -0.2) is 18.9 Å². The maximum absolute atomic E-state index is 11.9. The Morgan fingerprint density at radius 2 is 1.89 bits per heavy atom. The van der Waals surface area contributed by atoms with E-state index in [1.165, 1.54) is 19.1 Å². The van der Waals surface area contributed by atoms with Gasteiger partial charge in [0.05, 0.1) is 15.4 Å². The van der Waals surface area contributed by atoms with Crippen molar-refractivity contribution in [3.63, 3.8) is 0 Å². The molecule has 0 saturated heterocycles. The molecule has 0 saturated carbocycles. The van der Waals surface area contributed by atoms with E-state index in [0.29, 0.717) is 5.56 Å². The number of hydrogen-bond acceptors (Lipinski definition) is 5. The van der Waals surface area contributed by atoms with Gasteiger partial charge in [-0.2, -0.15) is 0 Å². The van der Waals surface area contributed by atoms with Gasteiger partial charge in [-0.15, -0.1) is 0 Å². The molecule has 7 nitrogen and oxygen atoms in total. The van der Waals surface area contributed by atoms with Crippen molar-refractivity contribution in [3.05, 3.63) is 33.9 Å². The van der Waals surface area contributed by atoms with Gasteiger partial charge < -0.3 is 0 Å². The molecule has 8 heteroatoms. The Morgan fingerprint density at radius 3 is 2.37 bits per heavy atom. The molecule has 106 valence electrons. The summed E-state index contributed by atoms with van der Waals surface area (Å²) in [6.07, 6.45) is 0. The fourth-order valence-electron chi connectivity index (χ4n) is 1.18. The molecule has 0 spiro atoms. The molecule has 1 aromatic rings. The molecule has 0 heterocycles. The first-order valence-corrected chi connectivity index (χ1v) is 6.96. The summed E-state index contributed by atoms with van der Waals surface area (Å²) in [5, 5.41) is 10.8. The van der Waals surface area contributed by atoms with E-state index in [0.717, 1.165) is 6.07 Å². The van der Waals surface area contributed by atoms with Crippen LogP contribution in [0.2, 0.25) is 0 Å². The average Bonchev–Trinajstić information content (AvgIpc) is 2.25. The maximum Gasteiger partial charge on any atom is 0.273 e. The van der Waals surface area contributed by atoms with Crippen molar-refractivity contribution >= 4 is 15.7 Å². The fourth-order valence-corrected chi connectivity index (χ4v) is 2.15. The number of nitro groups is 1. The topological polar surface area (TPSA) is 98.5 Å². The van der Waals surface area contributed by atoms with E-state index in [9.17, 15) is 18.5 Å². The van der Waals surface area contributed by atoms with E-state index < -0.39 is 20.5 Å². The van der Waals surface area contributed by atoms with E-state index in [4.69, 9.17) is 4.84 Å². The summed E-state index contributed by atoms with van der Waals surface area (Å²) in [5.41, 5.74) is -0.566. The monoisotopic (exact) mass is 288 g/mol. The van der Waals surface area contributed by atoms with Crippen molar-refractivity contribution in [2.75, 3.05) is 0 Å². The zero-order valence-electron chi connectivity index (χ0n) is 11.1. The number of sulfonamides is 1. The van der Waals surface area contributed by atoms with E-state index >= 15 is 0 Å². The lowest BCUT2D eigenvalue weighted by Gasteiger charge is -2.19. The van der Waals surface area contributed by atoms with Gasteiger partial charge in [-0.1, -0.05) is 11.0 Å². The van der Waals surface area contributed by atoms with E-state index in [2.05, 4.69) is 0 Å². The van der Waals surface area contributed by atoms with E-state index in [-0.39, 0.29) is 10.6 Å². The van der Waals surface area contributed by atoms with Crippen LogP contribution in [-0.2, 0) is 14.9 Å². The smallest absolute Gasteiger partial charge is 0.273 e. The molecule has 0 aliphatic carbocycles. The first-order valence-electron chi connectivity index (χ1n) is 5.48. The Morgan fingerprint density at radius 1 is 1.32 bits per heavy atom. The number of nitrogens with zero attached hydrogens (tertiary/aromatic N) is 1. The molecule has 0 atom stereocenters. The number of nitrogens with one attached hydrogen (secondary N) is 1. The van der Waals surface area contributed by atoms with E-state index in [1.807, 2.05) is 4.89 Å². The van der Waals surface area contributed by atoms with Crippen molar-refractivity contribution in [2.24, 2.45) is 0 Å². The highest BCUT2D eigenvalue weighted by molar-refractivity contribution is 7.89. The molecule has 1 rings (SSSR count). The number of aryl methyl sites for hydroxylation is 1. The SMILES string of the molecule is Cc1ccc(S(=O)(=O)NOC(C)(C)C)cc1[N+](=O)[O-]. The van der Waals surface area contributed by atoms with Gasteiger partial charge in [-0.05, 0) is 33.8 Å². The quantitative estimate of drug-likeness (QED) is 0.674. The van der Waals surface area contributed by atoms with Gasteiger partial charge in [0.25, 0.3) is 15.7 Å². The van der Waals surface area contributed by atoms with Crippen LogP contribution in [0.3, 0.4) is 0 Å². The van der Waals surface area contributed by atoms with Gasteiger partial charge >= 0.3 is 0 Å². The third-order valence-corrected chi connectivity index (χ3v) is 3.32. The van der Waals surface area contributed by atoms with Crippen molar-refractivity contribution < 1.29 is 18.2 Å². The lowest BCUT2D eigenvalue weighted by molar-refractivity contribution is -0.385. The Labute approximate surface area is 111 Å². The summed E-state index contributed by atoms with van der Waals surface area (Å²) in [5.74, 6) is 0. The van der Waals surface area contributed by atoms with Crippen molar-refractivity contribution in [3.8, 4) is 0 Å². The molecular formula is C11H16N2O5S. The second-order valence-electron chi connectivity index (χ2n) is 5.01. The maximum atomic E-state index is 11.9. The molecule has 0 bridgehead atoms. The molecule has 0 radical (unpaired) electrons. The van der Waals surface area contributed by atoms with Gasteiger partial charge in [-0.3, -0.25) is 15.0 Å². The Balaban J connectivity index is 3.09. The van der Waals surface area contributed by atoms with Crippen LogP contribution < -0.4 is 4.89 Å². The predicted molar refractivity (Wildman–Crippen MR) is 69.0 cm³/mol. The van der Waals surface area contributed by atoms with Crippen LogP contribution in [0.25, 0.3) is 0 Å². The molecule has 0 amide bonds. The Kier molecular flexibility index (Phi) is 4.28. The largest absolute Gasteiger partial charge is 0.281 e. The molecule has 0 aliphatic rings. The van der Waals surface area contributed by atoms with Gasteiger partial charge in [0.2, 0.25) is 0 Å². The number of hydrogen-bond donors (Lipinski definition) is 1. The lowest BCUT2D eigenvalue weighted by atomic mass is 10.2. The molecule has 0 unspecified atom stereocenters. The zero-order chi connectivity index (χ0) is 14.8. The lowest BCUT2D eigenvalue weighted by Crippen LogP contribution is -2.33. The van der Waals surface area contributed by atoms with Gasteiger partial charge in [0, 0.05) is 11.6 Å². The van der Waals surface area contributed by atoms with Gasteiger partial charge in [0.15, 0.2) is 0 Å². The minimum Gasteiger partial charge on any atom is -0.281 e. The zero-order valence-corrected chi connectivity index (χ0v) is 11.9. The molecule has 0 aliphatic heterocycles. The minimum atomic E-state index is -3.94. The highest BCUT2D eigenvalue weighted by Gasteiger charge is 2.22. The number of benzene rings is 1. The summed E-state index contributed by atoms with van der Waals surface area (Å²) < 4.78 is 23.8. The third-order valence-electron chi connectivity index (χ3n) is 2.15. The van der Waals surface area contributed by atoms with Crippen LogP contribution >= 0.6 is 0 Å². The summed E-state index contributed by atoms with van der Waals surface area (Å²) in [6, 6.07) is 3.67. The second-order valence-corrected chi connectivity index (χ2v) is 6.65.